The largest absolute Gasteiger partial charge is 0.510 e. The molecular formula is C21H26N4O10. The zero-order chi connectivity index (χ0) is 26.1. The highest BCUT2D eigenvalue weighted by atomic mass is 16.7. The molecule has 2 rings (SSSR count). The Hall–Kier alpha value is -4.23. The first-order chi connectivity index (χ1) is 16.7. The summed E-state index contributed by atoms with van der Waals surface area (Å²) in [7, 11) is 2.53. The van der Waals surface area contributed by atoms with Gasteiger partial charge in [0.05, 0.1) is 31.8 Å². The van der Waals surface area contributed by atoms with E-state index in [0.29, 0.717) is 6.42 Å². The van der Waals surface area contributed by atoms with Crippen LogP contribution in [0.15, 0.2) is 12.1 Å². The number of methoxy groups -OCH3 is 2. The van der Waals surface area contributed by atoms with E-state index in [4.69, 9.17) is 18.9 Å². The van der Waals surface area contributed by atoms with Crippen LogP contribution in [0, 0.1) is 10.1 Å². The van der Waals surface area contributed by atoms with E-state index in [1.54, 1.807) is 6.92 Å². The topological polar surface area (TPSA) is 182 Å². The van der Waals surface area contributed by atoms with Crippen molar-refractivity contribution < 1.29 is 43.4 Å². The van der Waals surface area contributed by atoms with Gasteiger partial charge in [-0.3, -0.25) is 14.9 Å². The van der Waals surface area contributed by atoms with Crippen molar-refractivity contribution in [2.24, 2.45) is 0 Å². The number of carboxylic acid groups (broad SMARTS) is 1. The van der Waals surface area contributed by atoms with Gasteiger partial charge in [0.25, 0.3) is 5.69 Å². The van der Waals surface area contributed by atoms with Crippen molar-refractivity contribution in [1.82, 2.24) is 15.0 Å². The number of ether oxygens (including phenoxy) is 4. The molecule has 14 nitrogen and oxygen atoms in total. The van der Waals surface area contributed by atoms with E-state index in [2.05, 4.69) is 10.2 Å². The van der Waals surface area contributed by atoms with Gasteiger partial charge in [0.2, 0.25) is 17.7 Å². The van der Waals surface area contributed by atoms with Gasteiger partial charge in [0.15, 0.2) is 17.2 Å². The van der Waals surface area contributed by atoms with Crippen LogP contribution in [0.2, 0.25) is 0 Å². The second-order valence-corrected chi connectivity index (χ2v) is 7.12. The number of aromatic carboxylic acids is 1. The molecule has 190 valence electrons. The highest BCUT2D eigenvalue weighted by Gasteiger charge is 2.33. The lowest BCUT2D eigenvalue weighted by Gasteiger charge is -2.14. The minimum absolute atomic E-state index is 0.00485. The van der Waals surface area contributed by atoms with Crippen LogP contribution in [0.1, 0.15) is 72.3 Å². The number of ketones is 1. The third-order valence-corrected chi connectivity index (χ3v) is 4.80. The Balaban J connectivity index is 2.44. The molecule has 1 aromatic carbocycles. The van der Waals surface area contributed by atoms with Gasteiger partial charge < -0.3 is 24.1 Å². The van der Waals surface area contributed by atoms with Crippen molar-refractivity contribution >= 4 is 23.6 Å². The van der Waals surface area contributed by atoms with Crippen molar-refractivity contribution in [3.63, 3.8) is 0 Å². The van der Waals surface area contributed by atoms with Crippen LogP contribution in [-0.4, -0.2) is 63.8 Å². The van der Waals surface area contributed by atoms with E-state index in [-0.39, 0.29) is 24.5 Å². The predicted molar refractivity (Wildman–Crippen MR) is 118 cm³/mol. The Bertz CT molecular complexity index is 1100. The summed E-state index contributed by atoms with van der Waals surface area (Å²) in [4.78, 5) is 48.5. The Kier molecular flexibility index (Phi) is 9.49. The lowest BCUT2D eigenvalue weighted by Crippen LogP contribution is -2.20. The molecule has 0 amide bonds. The van der Waals surface area contributed by atoms with E-state index >= 15 is 0 Å². The third-order valence-electron chi connectivity index (χ3n) is 4.80. The number of hydrogen-bond acceptors (Lipinski definition) is 11. The minimum atomic E-state index is -1.61. The van der Waals surface area contributed by atoms with E-state index in [0.717, 1.165) is 29.8 Å². The molecule has 0 spiro atoms. The number of nitro benzene ring substituents is 1. The Morgan fingerprint density at radius 2 is 1.71 bits per heavy atom. The van der Waals surface area contributed by atoms with Crippen LogP contribution in [0.4, 0.5) is 10.5 Å². The van der Waals surface area contributed by atoms with Crippen LogP contribution >= 0.6 is 0 Å². The minimum Gasteiger partial charge on any atom is -0.493 e. The summed E-state index contributed by atoms with van der Waals surface area (Å²) in [5, 5.41) is 28.8. The van der Waals surface area contributed by atoms with Crippen LogP contribution in [0.5, 0.6) is 11.5 Å². The van der Waals surface area contributed by atoms with Crippen LogP contribution in [0.3, 0.4) is 0 Å². The van der Waals surface area contributed by atoms with Crippen molar-refractivity contribution in [2.45, 2.75) is 45.8 Å². The Labute approximate surface area is 199 Å². The predicted octanol–water partition coefficient (Wildman–Crippen LogP) is 3.38. The van der Waals surface area contributed by atoms with E-state index in [1.165, 1.54) is 14.2 Å². The fourth-order valence-electron chi connectivity index (χ4n) is 3.02. The molecule has 0 aliphatic rings. The fraction of sp³-hybridized carbons (Fsp3) is 0.476. The first kappa shape index (κ1) is 27.0. The number of benzene rings is 1. The number of carboxylic acids is 1. The van der Waals surface area contributed by atoms with Crippen LogP contribution in [-0.2, 0) is 9.47 Å². The zero-order valence-electron chi connectivity index (χ0n) is 19.7. The normalized spacial score (nSPS) is 11.4. The molecule has 1 heterocycles. The van der Waals surface area contributed by atoms with Crippen molar-refractivity contribution in [2.75, 3.05) is 20.8 Å². The molecule has 35 heavy (non-hydrogen) atoms. The maximum atomic E-state index is 13.2. The van der Waals surface area contributed by atoms with Crippen molar-refractivity contribution in [1.29, 1.82) is 0 Å². The standard InChI is InChI=1S/C21H26N4O10/c1-5-7-8-9-34-21(29)35-16(6-2)24-22-17(18(23-24)20(27)28)19(26)12-10-14(32-3)15(33-4)11-13(12)25(30)31/h10-11,16H,5-9H2,1-4H3,(H,27,28). The molecule has 0 saturated heterocycles. The van der Waals surface area contributed by atoms with E-state index in [9.17, 15) is 29.6 Å². The average molecular weight is 494 g/mol. The highest BCUT2D eigenvalue weighted by Crippen LogP contribution is 2.35. The summed E-state index contributed by atoms with van der Waals surface area (Å²) in [6, 6.07) is 2.02. The van der Waals surface area contributed by atoms with Gasteiger partial charge in [-0.15, -0.1) is 15.0 Å². The van der Waals surface area contributed by atoms with Gasteiger partial charge in [-0.25, -0.2) is 9.59 Å². The molecule has 0 bridgehead atoms. The molecule has 0 fully saturated rings. The SMILES string of the molecule is CCCCCOC(=O)OC(CC)n1nc(C(=O)O)c(C(=O)c2cc(OC)c(OC)cc2[N+](=O)[O-])n1. The number of hydrogen-bond donors (Lipinski definition) is 1. The maximum Gasteiger partial charge on any atom is 0.510 e. The summed E-state index contributed by atoms with van der Waals surface area (Å²) in [6.45, 7) is 3.74. The Morgan fingerprint density at radius 1 is 1.09 bits per heavy atom. The second kappa shape index (κ2) is 12.3. The first-order valence-electron chi connectivity index (χ1n) is 10.7. The molecule has 1 aromatic heterocycles. The van der Waals surface area contributed by atoms with Gasteiger partial charge >= 0.3 is 12.1 Å². The number of carbonyl (C=O) groups excluding carboxylic acids is 2. The lowest BCUT2D eigenvalue weighted by molar-refractivity contribution is -0.385. The molecule has 0 aliphatic carbocycles. The molecule has 1 unspecified atom stereocenters. The van der Waals surface area contributed by atoms with Gasteiger partial charge in [-0.1, -0.05) is 26.7 Å². The summed E-state index contributed by atoms with van der Waals surface area (Å²) in [5.41, 5.74) is -2.62. The quantitative estimate of drug-likeness (QED) is 0.141. The number of rotatable bonds is 13. The first-order valence-corrected chi connectivity index (χ1v) is 10.7. The number of nitro groups is 1. The van der Waals surface area contributed by atoms with Crippen molar-refractivity contribution in [3.05, 3.63) is 39.2 Å². The summed E-state index contributed by atoms with van der Waals surface area (Å²) in [6.07, 6.45) is 0.358. The van der Waals surface area contributed by atoms with Crippen LogP contribution < -0.4 is 9.47 Å². The molecule has 1 atom stereocenters. The maximum absolute atomic E-state index is 13.2. The molecular weight excluding hydrogens is 468 g/mol. The zero-order valence-corrected chi connectivity index (χ0v) is 19.7. The number of aromatic nitrogens is 3. The summed E-state index contributed by atoms with van der Waals surface area (Å²) >= 11 is 0. The Morgan fingerprint density at radius 3 is 2.26 bits per heavy atom. The third kappa shape index (κ3) is 6.43. The van der Waals surface area contributed by atoms with Gasteiger partial charge in [0, 0.05) is 12.5 Å². The highest BCUT2D eigenvalue weighted by molar-refractivity contribution is 6.14. The fourth-order valence-corrected chi connectivity index (χ4v) is 3.02. The average Bonchev–Trinajstić information content (AvgIpc) is 3.29. The lowest BCUT2D eigenvalue weighted by atomic mass is 10.0. The second-order valence-electron chi connectivity index (χ2n) is 7.12. The van der Waals surface area contributed by atoms with Gasteiger partial charge in [0.1, 0.15) is 5.56 Å². The monoisotopic (exact) mass is 494 g/mol. The molecule has 0 saturated carbocycles. The number of carbonyl (C=O) groups is 3. The smallest absolute Gasteiger partial charge is 0.493 e. The molecule has 0 aliphatic heterocycles. The van der Waals surface area contributed by atoms with Gasteiger partial charge in [-0.2, -0.15) is 0 Å². The number of unbranched alkanes of at least 4 members (excludes halogenated alkanes) is 2. The van der Waals surface area contributed by atoms with Gasteiger partial charge in [-0.05, 0) is 6.42 Å². The molecule has 2 aromatic rings. The van der Waals surface area contributed by atoms with Crippen molar-refractivity contribution in [3.8, 4) is 11.5 Å². The van der Waals surface area contributed by atoms with Crippen LogP contribution in [0.25, 0.3) is 0 Å². The summed E-state index contributed by atoms with van der Waals surface area (Å²) < 4.78 is 20.3. The van der Waals surface area contributed by atoms with E-state index < -0.39 is 51.7 Å². The number of nitrogens with zero attached hydrogens (tertiary/aromatic N) is 4. The molecule has 0 radical (unpaired) electrons. The molecule has 1 N–H and O–H groups in total. The summed E-state index contributed by atoms with van der Waals surface area (Å²) in [5.74, 6) is -2.71. The van der Waals surface area contributed by atoms with E-state index in [1.807, 2.05) is 6.92 Å². The molecule has 14 heteroatoms.